The van der Waals surface area contributed by atoms with Crippen molar-refractivity contribution in [2.75, 3.05) is 18.0 Å². The van der Waals surface area contributed by atoms with Crippen LogP contribution in [0.15, 0.2) is 18.2 Å². The van der Waals surface area contributed by atoms with Crippen LogP contribution in [0, 0.1) is 27.4 Å². The molecule has 0 bridgehead atoms. The summed E-state index contributed by atoms with van der Waals surface area (Å²) in [4.78, 5) is 23.3. The molecule has 0 amide bonds. The van der Waals surface area contributed by atoms with Crippen molar-refractivity contribution < 1.29 is 14.8 Å². The van der Waals surface area contributed by atoms with Gasteiger partial charge in [0.25, 0.3) is 5.69 Å². The average Bonchev–Trinajstić information content (AvgIpc) is 2.46. The summed E-state index contributed by atoms with van der Waals surface area (Å²) in [6.45, 7) is 1.14. The Labute approximate surface area is 121 Å². The number of benzene rings is 1. The van der Waals surface area contributed by atoms with Crippen LogP contribution in [0.5, 0.6) is 0 Å². The Morgan fingerprint density at radius 3 is 2.95 bits per heavy atom. The summed E-state index contributed by atoms with van der Waals surface area (Å²) in [6, 6.07) is 6.26. The van der Waals surface area contributed by atoms with Crippen molar-refractivity contribution in [2.45, 2.75) is 19.3 Å². The summed E-state index contributed by atoms with van der Waals surface area (Å²) < 4.78 is 0. The maximum Gasteiger partial charge on any atom is 0.303 e. The van der Waals surface area contributed by atoms with Crippen LogP contribution in [-0.2, 0) is 4.79 Å². The number of anilines is 1. The number of carbonyl (C=O) groups is 1. The second-order valence-corrected chi connectivity index (χ2v) is 5.12. The quantitative estimate of drug-likeness (QED) is 0.672. The number of hydrogen-bond acceptors (Lipinski definition) is 5. The first kappa shape index (κ1) is 14.8. The van der Waals surface area contributed by atoms with E-state index < -0.39 is 10.9 Å². The van der Waals surface area contributed by atoms with E-state index in [0.29, 0.717) is 18.8 Å². The molecule has 7 nitrogen and oxygen atoms in total. The van der Waals surface area contributed by atoms with Gasteiger partial charge in [0.05, 0.1) is 16.6 Å². The van der Waals surface area contributed by atoms with Crippen molar-refractivity contribution in [3.8, 4) is 6.07 Å². The van der Waals surface area contributed by atoms with Gasteiger partial charge in [-0.2, -0.15) is 5.26 Å². The minimum absolute atomic E-state index is 0.00787. The van der Waals surface area contributed by atoms with E-state index in [1.165, 1.54) is 6.07 Å². The Bertz CT molecular complexity index is 609. The Morgan fingerprint density at radius 1 is 1.57 bits per heavy atom. The predicted octanol–water partition coefficient (Wildman–Crippen LogP) is 2.16. The lowest BCUT2D eigenvalue weighted by Crippen LogP contribution is -2.36. The molecular weight excluding hydrogens is 274 g/mol. The van der Waals surface area contributed by atoms with E-state index in [1.54, 1.807) is 12.1 Å². The van der Waals surface area contributed by atoms with Crippen molar-refractivity contribution in [2.24, 2.45) is 5.92 Å². The fourth-order valence-corrected chi connectivity index (χ4v) is 2.70. The monoisotopic (exact) mass is 289 g/mol. The summed E-state index contributed by atoms with van der Waals surface area (Å²) >= 11 is 0. The second-order valence-electron chi connectivity index (χ2n) is 5.12. The fraction of sp³-hybridized carbons (Fsp3) is 0.429. The molecule has 1 fully saturated rings. The van der Waals surface area contributed by atoms with Gasteiger partial charge < -0.3 is 10.0 Å². The molecule has 1 aliphatic rings. The minimum atomic E-state index is -0.851. The first-order valence-electron chi connectivity index (χ1n) is 6.66. The van der Waals surface area contributed by atoms with Gasteiger partial charge in [-0.3, -0.25) is 14.9 Å². The summed E-state index contributed by atoms with van der Waals surface area (Å²) in [5.41, 5.74) is 0.587. The molecule has 1 heterocycles. The zero-order chi connectivity index (χ0) is 15.4. The lowest BCUT2D eigenvalue weighted by Gasteiger charge is -2.33. The third-order valence-corrected chi connectivity index (χ3v) is 3.62. The summed E-state index contributed by atoms with van der Waals surface area (Å²) in [5, 5.41) is 28.9. The van der Waals surface area contributed by atoms with Gasteiger partial charge in [0.15, 0.2) is 0 Å². The van der Waals surface area contributed by atoms with E-state index in [-0.39, 0.29) is 23.6 Å². The number of aliphatic carboxylic acids is 1. The van der Waals surface area contributed by atoms with E-state index >= 15 is 0 Å². The van der Waals surface area contributed by atoms with Crippen LogP contribution in [0.2, 0.25) is 0 Å². The molecule has 1 aliphatic heterocycles. The van der Waals surface area contributed by atoms with Crippen molar-refractivity contribution in [1.82, 2.24) is 0 Å². The molecule has 110 valence electrons. The number of hydrogen-bond donors (Lipinski definition) is 1. The van der Waals surface area contributed by atoms with E-state index in [2.05, 4.69) is 0 Å². The number of nitro groups is 1. The molecule has 21 heavy (non-hydrogen) atoms. The van der Waals surface area contributed by atoms with E-state index in [9.17, 15) is 14.9 Å². The van der Waals surface area contributed by atoms with Gasteiger partial charge in [-0.15, -0.1) is 0 Å². The van der Waals surface area contributed by atoms with Gasteiger partial charge >= 0.3 is 5.97 Å². The number of nitro benzene ring substituents is 1. The van der Waals surface area contributed by atoms with Crippen LogP contribution in [0.1, 0.15) is 24.8 Å². The number of piperidine rings is 1. The number of carboxylic acid groups (broad SMARTS) is 1. The Morgan fingerprint density at radius 2 is 2.33 bits per heavy atom. The molecule has 1 saturated heterocycles. The SMILES string of the molecule is N#Cc1ccc(N2CCCC(CC(=O)O)C2)c([N+](=O)[O-])c1. The Balaban J connectivity index is 2.26. The zero-order valence-electron chi connectivity index (χ0n) is 11.4. The molecule has 1 unspecified atom stereocenters. The van der Waals surface area contributed by atoms with Gasteiger partial charge in [0, 0.05) is 25.6 Å². The third kappa shape index (κ3) is 3.48. The Hall–Kier alpha value is -2.62. The molecule has 0 spiro atoms. The highest BCUT2D eigenvalue weighted by Gasteiger charge is 2.26. The summed E-state index contributed by atoms with van der Waals surface area (Å²) in [7, 11) is 0. The second kappa shape index (κ2) is 6.22. The molecule has 0 saturated carbocycles. The standard InChI is InChI=1S/C14H15N3O4/c15-8-10-3-4-12(13(6-10)17(20)21)16-5-1-2-11(9-16)7-14(18)19/h3-4,6,11H,1-2,5,7,9H2,(H,18,19). The van der Waals surface area contributed by atoms with Gasteiger partial charge in [-0.25, -0.2) is 0 Å². The Kier molecular flexibility index (Phi) is 4.38. The average molecular weight is 289 g/mol. The number of nitrogens with zero attached hydrogens (tertiary/aromatic N) is 3. The highest BCUT2D eigenvalue weighted by Crippen LogP contribution is 2.33. The molecule has 1 aromatic carbocycles. The highest BCUT2D eigenvalue weighted by molar-refractivity contribution is 5.68. The molecule has 1 aromatic rings. The van der Waals surface area contributed by atoms with Crippen LogP contribution < -0.4 is 4.90 Å². The topological polar surface area (TPSA) is 107 Å². The normalized spacial score (nSPS) is 18.0. The maximum absolute atomic E-state index is 11.2. The van der Waals surface area contributed by atoms with Gasteiger partial charge in [0.2, 0.25) is 0 Å². The lowest BCUT2D eigenvalue weighted by atomic mass is 9.94. The molecule has 0 aliphatic carbocycles. The van der Waals surface area contributed by atoms with Gasteiger partial charge in [0.1, 0.15) is 5.69 Å². The van der Waals surface area contributed by atoms with Crippen molar-refractivity contribution in [3.05, 3.63) is 33.9 Å². The zero-order valence-corrected chi connectivity index (χ0v) is 11.4. The van der Waals surface area contributed by atoms with Crippen molar-refractivity contribution in [3.63, 3.8) is 0 Å². The van der Waals surface area contributed by atoms with Crippen LogP contribution in [0.25, 0.3) is 0 Å². The smallest absolute Gasteiger partial charge is 0.303 e. The van der Waals surface area contributed by atoms with Crippen LogP contribution in [-0.4, -0.2) is 29.1 Å². The summed E-state index contributed by atoms with van der Waals surface area (Å²) in [5.74, 6) is -0.859. The maximum atomic E-state index is 11.2. The van der Waals surface area contributed by atoms with E-state index in [4.69, 9.17) is 10.4 Å². The molecule has 1 N–H and O–H groups in total. The molecule has 0 aromatic heterocycles. The van der Waals surface area contributed by atoms with E-state index in [1.807, 2.05) is 11.0 Å². The lowest BCUT2D eigenvalue weighted by molar-refractivity contribution is -0.384. The van der Waals surface area contributed by atoms with Gasteiger partial charge in [-0.05, 0) is 30.9 Å². The highest BCUT2D eigenvalue weighted by atomic mass is 16.6. The fourth-order valence-electron chi connectivity index (χ4n) is 2.70. The number of nitriles is 1. The van der Waals surface area contributed by atoms with Crippen LogP contribution in [0.4, 0.5) is 11.4 Å². The number of rotatable bonds is 4. The first-order chi connectivity index (χ1) is 10.0. The molecule has 1 atom stereocenters. The minimum Gasteiger partial charge on any atom is -0.481 e. The third-order valence-electron chi connectivity index (χ3n) is 3.62. The first-order valence-corrected chi connectivity index (χ1v) is 6.66. The van der Waals surface area contributed by atoms with E-state index in [0.717, 1.165) is 12.8 Å². The van der Waals surface area contributed by atoms with Crippen molar-refractivity contribution >= 4 is 17.3 Å². The summed E-state index contributed by atoms with van der Waals surface area (Å²) in [6.07, 6.45) is 1.68. The number of carboxylic acids is 1. The molecular formula is C14H15N3O4. The van der Waals surface area contributed by atoms with Crippen molar-refractivity contribution in [1.29, 1.82) is 5.26 Å². The van der Waals surface area contributed by atoms with Crippen LogP contribution >= 0.6 is 0 Å². The molecule has 2 rings (SSSR count). The van der Waals surface area contributed by atoms with Crippen LogP contribution in [0.3, 0.4) is 0 Å². The van der Waals surface area contributed by atoms with Gasteiger partial charge in [-0.1, -0.05) is 0 Å². The largest absolute Gasteiger partial charge is 0.481 e. The molecule has 0 radical (unpaired) electrons. The molecule has 7 heteroatoms. The predicted molar refractivity (Wildman–Crippen MR) is 75.0 cm³/mol.